The van der Waals surface area contributed by atoms with Gasteiger partial charge in [-0.2, -0.15) is 0 Å². The highest BCUT2D eigenvalue weighted by Gasteiger charge is 2.21. The fraction of sp³-hybridized carbons (Fsp3) is 0.348. The van der Waals surface area contributed by atoms with Crippen molar-refractivity contribution in [2.75, 3.05) is 33.3 Å². The van der Waals surface area contributed by atoms with Crippen LogP contribution < -0.4 is 14.8 Å². The third-order valence-electron chi connectivity index (χ3n) is 5.01. The molecule has 0 heterocycles. The summed E-state index contributed by atoms with van der Waals surface area (Å²) in [6.45, 7) is 9.77. The Hall–Kier alpha value is -2.68. The fourth-order valence-corrected chi connectivity index (χ4v) is 4.36. The first-order valence-corrected chi connectivity index (χ1v) is 11.7. The number of amides is 1. The molecule has 31 heavy (non-hydrogen) atoms. The highest BCUT2D eigenvalue weighted by atomic mass is 32.2. The summed E-state index contributed by atoms with van der Waals surface area (Å²) in [5, 5.41) is 2.95. The van der Waals surface area contributed by atoms with E-state index in [0.717, 1.165) is 24.4 Å². The first kappa shape index (κ1) is 24.6. The lowest BCUT2D eigenvalue weighted by Crippen LogP contribution is -2.38. The Balaban J connectivity index is 2.21. The zero-order valence-electron chi connectivity index (χ0n) is 18.3. The van der Waals surface area contributed by atoms with Crippen molar-refractivity contribution in [3.8, 4) is 5.75 Å². The molecule has 0 aliphatic carbocycles. The quantitative estimate of drug-likeness (QED) is 0.491. The average molecular weight is 446 g/mol. The second-order valence-corrected chi connectivity index (χ2v) is 8.66. The van der Waals surface area contributed by atoms with E-state index in [1.807, 2.05) is 24.3 Å². The number of likely N-dealkylation sites (N-methyl/N-ethyl adjacent to an activating group) is 1. The molecule has 2 aromatic carbocycles. The van der Waals surface area contributed by atoms with Crippen molar-refractivity contribution in [2.45, 2.75) is 24.8 Å². The van der Waals surface area contributed by atoms with Gasteiger partial charge in [-0.05, 0) is 49.0 Å². The predicted molar refractivity (Wildman–Crippen MR) is 123 cm³/mol. The first-order chi connectivity index (χ1) is 14.9. The molecule has 0 saturated heterocycles. The molecule has 2 aromatic rings. The van der Waals surface area contributed by atoms with Gasteiger partial charge in [-0.3, -0.25) is 9.69 Å². The lowest BCUT2D eigenvalue weighted by molar-refractivity contribution is 0.0934. The number of hydrogen-bond donors (Lipinski definition) is 2. The maximum Gasteiger partial charge on any atom is 0.251 e. The van der Waals surface area contributed by atoms with Crippen molar-refractivity contribution in [2.24, 2.45) is 0 Å². The summed E-state index contributed by atoms with van der Waals surface area (Å²) in [7, 11) is -2.08. The topological polar surface area (TPSA) is 87.7 Å². The Kier molecular flexibility index (Phi) is 9.23. The molecular formula is C23H31N3O4S. The third kappa shape index (κ3) is 6.65. The zero-order chi connectivity index (χ0) is 22.9. The standard InChI is InChI=1S/C23H31N3O4S/c1-5-14-25-31(28,29)21-13-9-11-19(16-21)23(27)24-17-22(26(6-2)7-3)18-10-8-12-20(15-18)30-4/h5,8-13,15-16,22,25H,1,6-7,14,17H2,2-4H3,(H,24,27). The minimum atomic E-state index is -3.71. The molecule has 2 rings (SSSR count). The van der Waals surface area contributed by atoms with Crippen LogP contribution in [-0.4, -0.2) is 52.5 Å². The summed E-state index contributed by atoms with van der Waals surface area (Å²) in [6, 6.07) is 13.7. The smallest absolute Gasteiger partial charge is 0.251 e. The lowest BCUT2D eigenvalue weighted by atomic mass is 10.0. The van der Waals surface area contributed by atoms with Crippen LogP contribution in [0.4, 0.5) is 0 Å². The number of hydrogen-bond acceptors (Lipinski definition) is 5. The Morgan fingerprint density at radius 3 is 2.52 bits per heavy atom. The van der Waals surface area contributed by atoms with Gasteiger partial charge in [0.1, 0.15) is 5.75 Å². The maximum absolute atomic E-state index is 12.8. The van der Waals surface area contributed by atoms with Crippen molar-refractivity contribution in [3.05, 3.63) is 72.3 Å². The van der Waals surface area contributed by atoms with E-state index >= 15 is 0 Å². The van der Waals surface area contributed by atoms with Gasteiger partial charge in [-0.25, -0.2) is 13.1 Å². The molecule has 0 bridgehead atoms. The molecule has 1 atom stereocenters. The fourth-order valence-electron chi connectivity index (χ4n) is 3.32. The van der Waals surface area contributed by atoms with Gasteiger partial charge in [-0.15, -0.1) is 6.58 Å². The second kappa shape index (κ2) is 11.6. The van der Waals surface area contributed by atoms with Gasteiger partial charge in [0.05, 0.1) is 18.0 Å². The summed E-state index contributed by atoms with van der Waals surface area (Å²) in [4.78, 5) is 15.1. The van der Waals surface area contributed by atoms with Crippen molar-refractivity contribution in [3.63, 3.8) is 0 Å². The number of ether oxygens (including phenoxy) is 1. The molecule has 1 amide bonds. The Morgan fingerprint density at radius 2 is 1.87 bits per heavy atom. The van der Waals surface area contributed by atoms with Crippen molar-refractivity contribution < 1.29 is 17.9 Å². The first-order valence-electron chi connectivity index (χ1n) is 10.2. The molecule has 0 saturated carbocycles. The molecule has 7 nitrogen and oxygen atoms in total. The lowest BCUT2D eigenvalue weighted by Gasteiger charge is -2.30. The van der Waals surface area contributed by atoms with Crippen LogP contribution in [0.15, 0.2) is 66.1 Å². The average Bonchev–Trinajstić information content (AvgIpc) is 2.80. The van der Waals surface area contributed by atoms with E-state index < -0.39 is 10.0 Å². The van der Waals surface area contributed by atoms with Gasteiger partial charge in [0.25, 0.3) is 5.91 Å². The Labute approximate surface area is 185 Å². The Bertz CT molecular complexity index is 988. The number of rotatable bonds is 12. The van der Waals surface area contributed by atoms with Crippen LogP contribution in [0.1, 0.15) is 35.8 Å². The van der Waals surface area contributed by atoms with E-state index in [-0.39, 0.29) is 29.0 Å². The summed E-state index contributed by atoms with van der Waals surface area (Å²) in [5.41, 5.74) is 1.32. The highest BCUT2D eigenvalue weighted by Crippen LogP contribution is 2.24. The molecule has 0 radical (unpaired) electrons. The number of sulfonamides is 1. The molecule has 8 heteroatoms. The van der Waals surface area contributed by atoms with Crippen LogP contribution in [0.3, 0.4) is 0 Å². The minimum absolute atomic E-state index is 0.0371. The SMILES string of the molecule is C=CCNS(=O)(=O)c1cccc(C(=O)NCC(c2cccc(OC)c2)N(CC)CC)c1. The summed E-state index contributed by atoms with van der Waals surface area (Å²) >= 11 is 0. The molecular weight excluding hydrogens is 414 g/mol. The number of nitrogens with one attached hydrogen (secondary N) is 2. The van der Waals surface area contributed by atoms with Crippen LogP contribution in [0.25, 0.3) is 0 Å². The minimum Gasteiger partial charge on any atom is -0.497 e. The van der Waals surface area contributed by atoms with E-state index in [4.69, 9.17) is 4.74 Å². The summed E-state index contributed by atoms with van der Waals surface area (Å²) in [6.07, 6.45) is 1.46. The number of methoxy groups -OCH3 is 1. The molecule has 0 spiro atoms. The van der Waals surface area contributed by atoms with Crippen molar-refractivity contribution in [1.29, 1.82) is 0 Å². The number of nitrogens with zero attached hydrogens (tertiary/aromatic N) is 1. The largest absolute Gasteiger partial charge is 0.497 e. The molecule has 0 aliphatic rings. The predicted octanol–water partition coefficient (Wildman–Crippen LogP) is 2.97. The van der Waals surface area contributed by atoms with Crippen LogP contribution in [0, 0.1) is 0 Å². The number of carbonyl (C=O) groups is 1. The third-order valence-corrected chi connectivity index (χ3v) is 6.43. The van der Waals surface area contributed by atoms with Gasteiger partial charge >= 0.3 is 0 Å². The van der Waals surface area contributed by atoms with E-state index in [9.17, 15) is 13.2 Å². The van der Waals surface area contributed by atoms with E-state index in [1.54, 1.807) is 19.2 Å². The van der Waals surface area contributed by atoms with Crippen LogP contribution in [0.2, 0.25) is 0 Å². The van der Waals surface area contributed by atoms with Crippen LogP contribution >= 0.6 is 0 Å². The van der Waals surface area contributed by atoms with Crippen molar-refractivity contribution in [1.82, 2.24) is 14.9 Å². The summed E-state index contributed by atoms with van der Waals surface area (Å²) in [5.74, 6) is 0.423. The van der Waals surface area contributed by atoms with Gasteiger partial charge < -0.3 is 10.1 Å². The van der Waals surface area contributed by atoms with Crippen LogP contribution in [-0.2, 0) is 10.0 Å². The monoisotopic (exact) mass is 445 g/mol. The zero-order valence-corrected chi connectivity index (χ0v) is 19.1. The molecule has 168 valence electrons. The van der Waals surface area contributed by atoms with E-state index in [1.165, 1.54) is 18.2 Å². The van der Waals surface area contributed by atoms with E-state index in [0.29, 0.717) is 6.54 Å². The van der Waals surface area contributed by atoms with Gasteiger partial charge in [-0.1, -0.05) is 38.1 Å². The second-order valence-electron chi connectivity index (χ2n) is 6.89. The molecule has 0 aliphatic heterocycles. The number of benzene rings is 2. The van der Waals surface area contributed by atoms with Crippen molar-refractivity contribution >= 4 is 15.9 Å². The van der Waals surface area contributed by atoms with Gasteiger partial charge in [0, 0.05) is 18.7 Å². The molecule has 0 fully saturated rings. The van der Waals surface area contributed by atoms with E-state index in [2.05, 4.69) is 35.4 Å². The highest BCUT2D eigenvalue weighted by molar-refractivity contribution is 7.89. The normalized spacial score (nSPS) is 12.4. The van der Waals surface area contributed by atoms with Gasteiger partial charge in [0.15, 0.2) is 0 Å². The summed E-state index contributed by atoms with van der Waals surface area (Å²) < 4.78 is 32.4. The number of carbonyl (C=O) groups excluding carboxylic acids is 1. The maximum atomic E-state index is 12.8. The molecule has 0 aromatic heterocycles. The van der Waals surface area contributed by atoms with Crippen LogP contribution in [0.5, 0.6) is 5.75 Å². The molecule has 2 N–H and O–H groups in total. The van der Waals surface area contributed by atoms with Gasteiger partial charge in [0.2, 0.25) is 10.0 Å². The molecule has 1 unspecified atom stereocenters. The Morgan fingerprint density at radius 1 is 1.16 bits per heavy atom.